The van der Waals surface area contributed by atoms with E-state index < -0.39 is 0 Å². The fourth-order valence-corrected chi connectivity index (χ4v) is 1.90. The molecule has 2 heteroatoms. The summed E-state index contributed by atoms with van der Waals surface area (Å²) in [5.41, 5.74) is 0. The van der Waals surface area contributed by atoms with Crippen LogP contribution in [-0.2, 0) is 0 Å². The predicted molar refractivity (Wildman–Crippen MR) is 36.9 cm³/mol. The van der Waals surface area contributed by atoms with E-state index in [0.29, 0.717) is 0 Å². The van der Waals surface area contributed by atoms with Gasteiger partial charge in [-0.2, -0.15) is 0 Å². The number of likely N-dealkylation sites (tertiary alicyclic amines) is 1. The highest BCUT2D eigenvalue weighted by atomic mass is 15.2. The van der Waals surface area contributed by atoms with Crippen molar-refractivity contribution in [1.82, 2.24) is 10.2 Å². The Morgan fingerprint density at radius 3 is 3.33 bits per heavy atom. The maximum Gasteiger partial charge on any atom is 0.0268 e. The molecule has 0 saturated carbocycles. The highest BCUT2D eigenvalue weighted by molar-refractivity contribution is 5.00. The first kappa shape index (κ1) is 5.69. The smallest absolute Gasteiger partial charge is 0.0268 e. The molecule has 0 aromatic carbocycles. The molecule has 2 nitrogen and oxygen atoms in total. The molecule has 2 aliphatic heterocycles. The van der Waals surface area contributed by atoms with Gasteiger partial charge in [-0.3, -0.25) is 4.90 Å². The van der Waals surface area contributed by atoms with Crippen LogP contribution in [0, 0.1) is 6.54 Å². The highest BCUT2D eigenvalue weighted by Gasteiger charge is 2.34. The third-order valence-electron chi connectivity index (χ3n) is 2.48. The Morgan fingerprint density at radius 2 is 2.56 bits per heavy atom. The maximum absolute atomic E-state index is 3.48. The van der Waals surface area contributed by atoms with Crippen molar-refractivity contribution in [3.05, 3.63) is 6.54 Å². The molecule has 9 heavy (non-hydrogen) atoms. The van der Waals surface area contributed by atoms with E-state index in [9.17, 15) is 0 Å². The molecule has 2 rings (SSSR count). The molecule has 0 aromatic heterocycles. The first-order valence-electron chi connectivity index (χ1n) is 3.66. The fraction of sp³-hybridized carbons (Fsp3) is 0.857. The van der Waals surface area contributed by atoms with Gasteiger partial charge in [0.1, 0.15) is 0 Å². The summed E-state index contributed by atoms with van der Waals surface area (Å²) in [6.45, 7) is 3.51. The monoisotopic (exact) mass is 125 g/mol. The summed E-state index contributed by atoms with van der Waals surface area (Å²) >= 11 is 0. The van der Waals surface area contributed by atoms with Crippen molar-refractivity contribution in [1.29, 1.82) is 0 Å². The lowest BCUT2D eigenvalue weighted by molar-refractivity contribution is 0.344. The van der Waals surface area contributed by atoms with E-state index in [2.05, 4.69) is 23.8 Å². The minimum atomic E-state index is 0.773. The van der Waals surface area contributed by atoms with Crippen LogP contribution < -0.4 is 5.32 Å². The molecule has 1 N–H and O–H groups in total. The Kier molecular flexibility index (Phi) is 1.24. The Balaban J connectivity index is 2.07. The zero-order valence-electron chi connectivity index (χ0n) is 5.80. The summed E-state index contributed by atoms with van der Waals surface area (Å²) in [6, 6.07) is 1.58. The Bertz CT molecular complexity index is 113. The third kappa shape index (κ3) is 0.775. The first-order chi connectivity index (χ1) is 4.38. The van der Waals surface area contributed by atoms with Crippen molar-refractivity contribution >= 4 is 0 Å². The standard InChI is InChI=1S/C7H13N2/c1-9-5-3-6-7(9)2-4-8-6/h5-8H,2-4H2,1H3. The quantitative estimate of drug-likeness (QED) is 0.498. The molecule has 1 radical (unpaired) electrons. The lowest BCUT2D eigenvalue weighted by atomic mass is 10.1. The van der Waals surface area contributed by atoms with Crippen molar-refractivity contribution in [2.45, 2.75) is 24.9 Å². The summed E-state index contributed by atoms with van der Waals surface area (Å²) in [5, 5.41) is 3.48. The van der Waals surface area contributed by atoms with Crippen molar-refractivity contribution in [2.75, 3.05) is 13.6 Å². The van der Waals surface area contributed by atoms with Gasteiger partial charge in [-0.15, -0.1) is 0 Å². The number of nitrogens with one attached hydrogen (secondary N) is 1. The molecule has 2 fully saturated rings. The van der Waals surface area contributed by atoms with Gasteiger partial charge in [0.05, 0.1) is 0 Å². The summed E-state index contributed by atoms with van der Waals surface area (Å²) in [7, 11) is 2.18. The average Bonchev–Trinajstić information content (AvgIpc) is 2.35. The van der Waals surface area contributed by atoms with Gasteiger partial charge in [-0.25, -0.2) is 0 Å². The van der Waals surface area contributed by atoms with Gasteiger partial charge < -0.3 is 5.32 Å². The molecule has 51 valence electrons. The van der Waals surface area contributed by atoms with E-state index in [1.54, 1.807) is 0 Å². The molecular weight excluding hydrogens is 112 g/mol. The largest absolute Gasteiger partial charge is 0.312 e. The van der Waals surface area contributed by atoms with E-state index in [1.165, 1.54) is 19.4 Å². The molecule has 0 amide bonds. The van der Waals surface area contributed by atoms with Crippen LogP contribution in [0.25, 0.3) is 0 Å². The minimum Gasteiger partial charge on any atom is -0.312 e. The van der Waals surface area contributed by atoms with Crippen molar-refractivity contribution < 1.29 is 0 Å². The zero-order chi connectivity index (χ0) is 6.27. The predicted octanol–water partition coefficient (Wildman–Crippen LogP) is 0.214. The van der Waals surface area contributed by atoms with Crippen LogP contribution in [0.1, 0.15) is 12.8 Å². The maximum atomic E-state index is 3.48. The van der Waals surface area contributed by atoms with Crippen LogP contribution in [0.2, 0.25) is 0 Å². The number of fused-ring (bicyclic) bond motifs is 1. The van der Waals surface area contributed by atoms with Crippen LogP contribution in [0.3, 0.4) is 0 Å². The second-order valence-corrected chi connectivity index (χ2v) is 3.00. The highest BCUT2D eigenvalue weighted by Crippen LogP contribution is 2.25. The van der Waals surface area contributed by atoms with Crippen LogP contribution in [0.15, 0.2) is 0 Å². The van der Waals surface area contributed by atoms with Gasteiger partial charge in [0.15, 0.2) is 0 Å². The third-order valence-corrected chi connectivity index (χ3v) is 2.48. The van der Waals surface area contributed by atoms with Gasteiger partial charge in [-0.05, 0) is 26.4 Å². The van der Waals surface area contributed by atoms with Gasteiger partial charge in [0, 0.05) is 18.6 Å². The molecule has 2 aliphatic rings. The summed E-state index contributed by atoms with van der Waals surface area (Å²) in [4.78, 5) is 2.35. The summed E-state index contributed by atoms with van der Waals surface area (Å²) in [5.74, 6) is 0. The van der Waals surface area contributed by atoms with Crippen molar-refractivity contribution in [3.63, 3.8) is 0 Å². The van der Waals surface area contributed by atoms with E-state index >= 15 is 0 Å². The molecule has 2 unspecified atom stereocenters. The lowest BCUT2D eigenvalue weighted by Gasteiger charge is -2.15. The molecule has 0 aliphatic carbocycles. The van der Waals surface area contributed by atoms with Gasteiger partial charge in [0.2, 0.25) is 0 Å². The van der Waals surface area contributed by atoms with Crippen LogP contribution in [0.5, 0.6) is 0 Å². The fourth-order valence-electron chi connectivity index (χ4n) is 1.90. The molecular formula is C7H13N2. The molecule has 0 spiro atoms. The zero-order valence-corrected chi connectivity index (χ0v) is 5.80. The lowest BCUT2D eigenvalue weighted by Crippen LogP contribution is -2.30. The summed E-state index contributed by atoms with van der Waals surface area (Å²) < 4.78 is 0. The topological polar surface area (TPSA) is 15.3 Å². The van der Waals surface area contributed by atoms with Crippen LogP contribution in [-0.4, -0.2) is 30.6 Å². The van der Waals surface area contributed by atoms with Gasteiger partial charge in [0.25, 0.3) is 0 Å². The number of rotatable bonds is 0. The molecule has 0 aromatic rings. The number of likely N-dealkylation sites (N-methyl/N-ethyl adjacent to an activating group) is 1. The second-order valence-electron chi connectivity index (χ2n) is 3.00. The van der Waals surface area contributed by atoms with E-state index in [1.807, 2.05) is 0 Å². The first-order valence-corrected chi connectivity index (χ1v) is 3.66. The Labute approximate surface area is 56.2 Å². The molecule has 2 heterocycles. The normalized spacial score (nSPS) is 43.7. The summed E-state index contributed by atoms with van der Waals surface area (Å²) in [6.07, 6.45) is 2.57. The van der Waals surface area contributed by atoms with E-state index in [-0.39, 0.29) is 0 Å². The van der Waals surface area contributed by atoms with Crippen molar-refractivity contribution in [3.8, 4) is 0 Å². The molecule has 2 atom stereocenters. The van der Waals surface area contributed by atoms with E-state index in [4.69, 9.17) is 0 Å². The van der Waals surface area contributed by atoms with Gasteiger partial charge >= 0.3 is 0 Å². The number of hydrogen-bond acceptors (Lipinski definition) is 2. The SMILES string of the molecule is CN1[CH]CC2NCCC21. The number of nitrogens with zero attached hydrogens (tertiary/aromatic N) is 1. The second kappa shape index (κ2) is 1.96. The number of hydrogen-bond donors (Lipinski definition) is 1. The average molecular weight is 125 g/mol. The van der Waals surface area contributed by atoms with Crippen molar-refractivity contribution in [2.24, 2.45) is 0 Å². The Hall–Kier alpha value is -0.0800. The van der Waals surface area contributed by atoms with Crippen LogP contribution in [0.4, 0.5) is 0 Å². The molecule has 0 bridgehead atoms. The Morgan fingerprint density at radius 1 is 1.67 bits per heavy atom. The molecule has 2 saturated heterocycles. The van der Waals surface area contributed by atoms with Crippen LogP contribution >= 0.6 is 0 Å². The minimum absolute atomic E-state index is 0.773. The van der Waals surface area contributed by atoms with Gasteiger partial charge in [-0.1, -0.05) is 0 Å². The van der Waals surface area contributed by atoms with E-state index in [0.717, 1.165) is 12.1 Å².